The molecule has 1 aromatic carbocycles. The molecule has 0 bridgehead atoms. The Balaban J connectivity index is 1.73. The molecule has 0 aliphatic heterocycles. The lowest BCUT2D eigenvalue weighted by Gasteiger charge is -2.24. The molecule has 0 spiro atoms. The Bertz CT molecular complexity index is 1090. The second kappa shape index (κ2) is 8.55. The summed E-state index contributed by atoms with van der Waals surface area (Å²) in [6.45, 7) is 5.15. The lowest BCUT2D eigenvalue weighted by Crippen LogP contribution is -2.34. The summed E-state index contributed by atoms with van der Waals surface area (Å²) in [7, 11) is 3.25. The summed E-state index contributed by atoms with van der Waals surface area (Å²) >= 11 is 0. The molecular formula is C23H28N4O4. The van der Waals surface area contributed by atoms with Crippen molar-refractivity contribution in [3.8, 4) is 5.75 Å². The first kappa shape index (κ1) is 21.1. The molecule has 1 fully saturated rings. The molecule has 1 aliphatic rings. The van der Waals surface area contributed by atoms with Gasteiger partial charge < -0.3 is 24.1 Å². The van der Waals surface area contributed by atoms with E-state index in [-0.39, 0.29) is 11.4 Å². The van der Waals surface area contributed by atoms with Crippen LogP contribution >= 0.6 is 0 Å². The molecule has 1 aliphatic carbocycles. The number of fused-ring (bicyclic) bond motifs is 1. The van der Waals surface area contributed by atoms with E-state index in [0.717, 1.165) is 24.2 Å². The van der Waals surface area contributed by atoms with Crippen molar-refractivity contribution < 1.29 is 18.7 Å². The van der Waals surface area contributed by atoms with Crippen LogP contribution < -0.4 is 10.1 Å². The number of rotatable bonds is 9. The van der Waals surface area contributed by atoms with E-state index in [1.54, 1.807) is 26.0 Å². The van der Waals surface area contributed by atoms with E-state index in [2.05, 4.69) is 22.2 Å². The van der Waals surface area contributed by atoms with E-state index in [4.69, 9.17) is 13.9 Å². The van der Waals surface area contributed by atoms with E-state index < -0.39 is 0 Å². The van der Waals surface area contributed by atoms with Crippen LogP contribution in [0.5, 0.6) is 5.75 Å². The maximum absolute atomic E-state index is 13.8. The standard InChI is InChI=1S/C23H28N4O4/c1-15-18(19-20(26-23(2)9-10-23)24-14-25-21(19)31-15)22(28)27(11-12-29-3)13-16-7-5-6-8-17(16)30-4/h5-8,14H,9-13H2,1-4H3,(H,24,25,26). The Morgan fingerprint density at radius 3 is 2.74 bits per heavy atom. The minimum absolute atomic E-state index is 0.0000811. The average Bonchev–Trinajstić information content (AvgIpc) is 3.38. The van der Waals surface area contributed by atoms with E-state index in [1.807, 2.05) is 24.3 Å². The third kappa shape index (κ3) is 4.34. The number of methoxy groups -OCH3 is 2. The van der Waals surface area contributed by atoms with Crippen molar-refractivity contribution in [1.29, 1.82) is 0 Å². The highest BCUT2D eigenvalue weighted by Gasteiger charge is 2.39. The molecule has 1 N–H and O–H groups in total. The maximum atomic E-state index is 13.8. The Morgan fingerprint density at radius 2 is 2.03 bits per heavy atom. The van der Waals surface area contributed by atoms with Gasteiger partial charge in [0.05, 0.1) is 24.7 Å². The molecule has 0 atom stereocenters. The lowest BCUT2D eigenvalue weighted by atomic mass is 10.1. The number of carbonyl (C=O) groups is 1. The number of furan rings is 1. The van der Waals surface area contributed by atoms with E-state index in [0.29, 0.717) is 47.9 Å². The van der Waals surface area contributed by atoms with Gasteiger partial charge in [0.1, 0.15) is 23.7 Å². The van der Waals surface area contributed by atoms with Crippen LogP contribution in [0.2, 0.25) is 0 Å². The largest absolute Gasteiger partial charge is 0.496 e. The van der Waals surface area contributed by atoms with Gasteiger partial charge >= 0.3 is 0 Å². The predicted octanol–water partition coefficient (Wildman–Crippen LogP) is 3.79. The smallest absolute Gasteiger partial charge is 0.258 e. The van der Waals surface area contributed by atoms with Crippen LogP contribution in [0.4, 0.5) is 5.82 Å². The summed E-state index contributed by atoms with van der Waals surface area (Å²) in [4.78, 5) is 24.2. The highest BCUT2D eigenvalue weighted by Crippen LogP contribution is 2.40. The number of benzene rings is 1. The van der Waals surface area contributed by atoms with Gasteiger partial charge in [-0.1, -0.05) is 18.2 Å². The summed E-state index contributed by atoms with van der Waals surface area (Å²) in [5, 5.41) is 4.09. The highest BCUT2D eigenvalue weighted by molar-refractivity contribution is 6.10. The van der Waals surface area contributed by atoms with Crippen LogP contribution in [0.15, 0.2) is 35.0 Å². The quantitative estimate of drug-likeness (QED) is 0.559. The van der Waals surface area contributed by atoms with Gasteiger partial charge in [-0.3, -0.25) is 4.79 Å². The molecule has 1 saturated carbocycles. The van der Waals surface area contributed by atoms with Crippen molar-refractivity contribution in [3.05, 3.63) is 47.5 Å². The summed E-state index contributed by atoms with van der Waals surface area (Å²) in [5.41, 5.74) is 1.81. The van der Waals surface area contributed by atoms with Gasteiger partial charge in [0.2, 0.25) is 5.71 Å². The fraction of sp³-hybridized carbons (Fsp3) is 0.435. The zero-order valence-corrected chi connectivity index (χ0v) is 18.4. The van der Waals surface area contributed by atoms with Crippen molar-refractivity contribution >= 4 is 22.8 Å². The first-order valence-electron chi connectivity index (χ1n) is 10.4. The summed E-state index contributed by atoms with van der Waals surface area (Å²) in [5.74, 6) is 1.73. The number of anilines is 1. The van der Waals surface area contributed by atoms with Crippen molar-refractivity contribution in [1.82, 2.24) is 14.9 Å². The minimum Gasteiger partial charge on any atom is -0.496 e. The molecule has 0 radical (unpaired) electrons. The number of para-hydroxylation sites is 1. The summed E-state index contributed by atoms with van der Waals surface area (Å²) in [6, 6.07) is 7.68. The predicted molar refractivity (Wildman–Crippen MR) is 117 cm³/mol. The zero-order chi connectivity index (χ0) is 22.0. The Morgan fingerprint density at radius 1 is 1.26 bits per heavy atom. The number of hydrogen-bond acceptors (Lipinski definition) is 7. The Hall–Kier alpha value is -3.13. The van der Waals surface area contributed by atoms with Crippen LogP contribution in [0.1, 0.15) is 41.4 Å². The topological polar surface area (TPSA) is 89.7 Å². The maximum Gasteiger partial charge on any atom is 0.258 e. The van der Waals surface area contributed by atoms with Gasteiger partial charge in [-0.2, -0.15) is 0 Å². The monoisotopic (exact) mass is 424 g/mol. The van der Waals surface area contributed by atoms with Crippen LogP contribution in [0, 0.1) is 6.92 Å². The number of aromatic nitrogens is 2. The van der Waals surface area contributed by atoms with Crippen molar-refractivity contribution in [2.45, 2.75) is 38.8 Å². The number of aryl methyl sites for hydroxylation is 1. The Kier molecular flexibility index (Phi) is 5.82. The van der Waals surface area contributed by atoms with Crippen LogP contribution in [-0.2, 0) is 11.3 Å². The molecule has 0 saturated heterocycles. The molecule has 31 heavy (non-hydrogen) atoms. The fourth-order valence-corrected chi connectivity index (χ4v) is 3.65. The van der Waals surface area contributed by atoms with Gasteiger partial charge in [0.15, 0.2) is 0 Å². The molecule has 0 unspecified atom stereocenters. The SMILES string of the molecule is COCCN(Cc1ccccc1OC)C(=O)c1c(C)oc2ncnc(NC3(C)CC3)c12. The van der Waals surface area contributed by atoms with E-state index in [9.17, 15) is 4.79 Å². The molecule has 164 valence electrons. The summed E-state index contributed by atoms with van der Waals surface area (Å²) < 4.78 is 16.6. The van der Waals surface area contributed by atoms with Gasteiger partial charge in [-0.05, 0) is 32.8 Å². The van der Waals surface area contributed by atoms with Crippen molar-refractivity contribution in [2.75, 3.05) is 32.7 Å². The van der Waals surface area contributed by atoms with Crippen molar-refractivity contribution in [2.24, 2.45) is 0 Å². The van der Waals surface area contributed by atoms with Crippen LogP contribution in [-0.4, -0.2) is 53.7 Å². The molecule has 2 heterocycles. The normalized spacial score (nSPS) is 14.5. The van der Waals surface area contributed by atoms with E-state index >= 15 is 0 Å². The number of ether oxygens (including phenoxy) is 2. The molecule has 8 heteroatoms. The fourth-order valence-electron chi connectivity index (χ4n) is 3.65. The number of nitrogens with zero attached hydrogens (tertiary/aromatic N) is 3. The zero-order valence-electron chi connectivity index (χ0n) is 18.4. The molecule has 1 amide bonds. The third-order valence-electron chi connectivity index (χ3n) is 5.70. The van der Waals surface area contributed by atoms with E-state index in [1.165, 1.54) is 6.33 Å². The lowest BCUT2D eigenvalue weighted by molar-refractivity contribution is 0.0679. The molecular weight excluding hydrogens is 396 g/mol. The number of amides is 1. The number of carbonyl (C=O) groups excluding carboxylic acids is 1. The second-order valence-corrected chi connectivity index (χ2v) is 8.15. The number of hydrogen-bond donors (Lipinski definition) is 1. The minimum atomic E-state index is -0.155. The van der Waals surface area contributed by atoms with Crippen LogP contribution in [0.25, 0.3) is 11.1 Å². The van der Waals surface area contributed by atoms with Gasteiger partial charge in [0, 0.05) is 31.3 Å². The first-order chi connectivity index (χ1) is 15.0. The highest BCUT2D eigenvalue weighted by atomic mass is 16.5. The van der Waals surface area contributed by atoms with Crippen LogP contribution in [0.3, 0.4) is 0 Å². The molecule has 8 nitrogen and oxygen atoms in total. The Labute approximate surface area is 181 Å². The first-order valence-corrected chi connectivity index (χ1v) is 10.4. The number of nitrogens with one attached hydrogen (secondary N) is 1. The molecule has 3 aromatic rings. The van der Waals surface area contributed by atoms with Gasteiger partial charge in [-0.25, -0.2) is 9.97 Å². The molecule has 2 aromatic heterocycles. The molecule has 4 rings (SSSR count). The average molecular weight is 425 g/mol. The summed E-state index contributed by atoms with van der Waals surface area (Å²) in [6.07, 6.45) is 3.59. The third-order valence-corrected chi connectivity index (χ3v) is 5.70. The van der Waals surface area contributed by atoms with Crippen molar-refractivity contribution in [3.63, 3.8) is 0 Å². The van der Waals surface area contributed by atoms with Gasteiger partial charge in [-0.15, -0.1) is 0 Å². The second-order valence-electron chi connectivity index (χ2n) is 8.15. The van der Waals surface area contributed by atoms with Gasteiger partial charge in [0.25, 0.3) is 5.91 Å².